The number of benzene rings is 1. The van der Waals surface area contributed by atoms with Gasteiger partial charge in [0.1, 0.15) is 5.69 Å². The van der Waals surface area contributed by atoms with Gasteiger partial charge in [-0.2, -0.15) is 5.10 Å². The largest absolute Gasteiger partial charge is 0.301 e. The quantitative estimate of drug-likeness (QED) is 0.424. The van der Waals surface area contributed by atoms with Crippen LogP contribution in [0.4, 0.5) is 17.1 Å². The number of aromatic amines is 1. The molecule has 0 saturated heterocycles. The van der Waals surface area contributed by atoms with Crippen molar-refractivity contribution >= 4 is 22.8 Å². The van der Waals surface area contributed by atoms with E-state index in [4.69, 9.17) is 0 Å². The van der Waals surface area contributed by atoms with E-state index in [9.17, 15) is 29.8 Å². The zero-order valence-electron chi connectivity index (χ0n) is 13.5. The second kappa shape index (κ2) is 7.83. The Balaban J connectivity index is 2.12. The Morgan fingerprint density at radius 2 is 1.92 bits per heavy atom. The van der Waals surface area contributed by atoms with Gasteiger partial charge in [-0.15, -0.1) is 0 Å². The first-order valence-electron chi connectivity index (χ1n) is 7.30. The summed E-state index contributed by atoms with van der Waals surface area (Å²) in [5.41, 5.74) is 1.28. The van der Waals surface area contributed by atoms with Gasteiger partial charge in [0.15, 0.2) is 0 Å². The van der Waals surface area contributed by atoms with E-state index in [1.807, 2.05) is 0 Å². The van der Waals surface area contributed by atoms with Crippen LogP contribution in [0.15, 0.2) is 45.0 Å². The topological polar surface area (TPSA) is 166 Å². The summed E-state index contributed by atoms with van der Waals surface area (Å²) in [4.78, 5) is 43.0. The molecule has 0 spiro atoms. The van der Waals surface area contributed by atoms with Gasteiger partial charge in [-0.25, -0.2) is 4.68 Å². The minimum absolute atomic E-state index is 0.00904. The normalized spacial score (nSPS) is 11.2. The molecule has 0 bridgehead atoms. The summed E-state index contributed by atoms with van der Waals surface area (Å²) >= 11 is 0. The maximum Gasteiger partial charge on any atom is 0.301 e. The van der Waals surface area contributed by atoms with Crippen LogP contribution in [-0.4, -0.2) is 25.3 Å². The molecule has 1 aromatic carbocycles. The maximum atomic E-state index is 11.6. The molecule has 1 aromatic heterocycles. The predicted octanol–water partition coefficient (Wildman–Crippen LogP) is 1.23. The van der Waals surface area contributed by atoms with Crippen molar-refractivity contribution in [3.05, 3.63) is 71.3 Å². The molecular formula is C14H14N6O6. The van der Waals surface area contributed by atoms with Crippen molar-refractivity contribution in [3.8, 4) is 0 Å². The number of rotatable bonds is 7. The summed E-state index contributed by atoms with van der Waals surface area (Å²) in [6, 6.07) is 5.40. The van der Waals surface area contributed by atoms with Crippen LogP contribution in [0.5, 0.6) is 0 Å². The third-order valence-electron chi connectivity index (χ3n) is 3.34. The lowest BCUT2D eigenvalue weighted by Crippen LogP contribution is -2.28. The number of non-ortho nitro benzene ring substituents is 1. The van der Waals surface area contributed by atoms with Crippen LogP contribution in [-0.2, 0) is 6.54 Å². The lowest BCUT2D eigenvalue weighted by molar-refractivity contribution is -0.393. The minimum Gasteiger partial charge on any atom is -0.272 e. The number of nitro groups is 2. The van der Waals surface area contributed by atoms with Gasteiger partial charge in [-0.1, -0.05) is 0 Å². The molecule has 0 aliphatic carbocycles. The molecule has 2 rings (SSSR count). The first kappa shape index (κ1) is 18.5. The highest BCUT2D eigenvalue weighted by molar-refractivity contribution is 5.83. The van der Waals surface area contributed by atoms with Gasteiger partial charge in [-0.3, -0.25) is 40.3 Å². The smallest absolute Gasteiger partial charge is 0.272 e. The van der Waals surface area contributed by atoms with Crippen LogP contribution in [0.2, 0.25) is 0 Å². The summed E-state index contributed by atoms with van der Waals surface area (Å²) in [6.45, 7) is 1.78. The van der Waals surface area contributed by atoms with Crippen molar-refractivity contribution in [3.63, 3.8) is 0 Å². The number of hydrazone groups is 1. The van der Waals surface area contributed by atoms with E-state index in [1.54, 1.807) is 6.92 Å². The first-order chi connectivity index (χ1) is 12.3. The highest BCUT2D eigenvalue weighted by atomic mass is 16.6. The van der Waals surface area contributed by atoms with Crippen LogP contribution >= 0.6 is 0 Å². The van der Waals surface area contributed by atoms with Crippen molar-refractivity contribution in [2.75, 3.05) is 5.43 Å². The lowest BCUT2D eigenvalue weighted by Gasteiger charge is -2.06. The molecule has 2 aromatic rings. The van der Waals surface area contributed by atoms with Crippen LogP contribution in [0.1, 0.15) is 13.3 Å². The standard InChI is InChI=1S/C14H14N6O6/c1-9(6-7-18-14(22)5-4-13(21)17-18)15-16-11-3-2-10(19(23)24)8-12(11)20(25)26/h2-5,8,16H,6-7H2,1H3,(H,17,21)/b15-9-. The Labute approximate surface area is 145 Å². The third-order valence-corrected chi connectivity index (χ3v) is 3.34. The van der Waals surface area contributed by atoms with Gasteiger partial charge >= 0.3 is 5.69 Å². The first-order valence-corrected chi connectivity index (χ1v) is 7.30. The number of anilines is 1. The molecule has 0 atom stereocenters. The number of nitro benzene ring substituents is 2. The van der Waals surface area contributed by atoms with Gasteiger partial charge < -0.3 is 0 Å². The number of nitrogens with zero attached hydrogens (tertiary/aromatic N) is 4. The fraction of sp³-hybridized carbons (Fsp3) is 0.214. The predicted molar refractivity (Wildman–Crippen MR) is 92.4 cm³/mol. The fourth-order valence-corrected chi connectivity index (χ4v) is 1.99. The molecule has 12 nitrogen and oxygen atoms in total. The summed E-state index contributed by atoms with van der Waals surface area (Å²) in [5, 5.41) is 28.1. The average Bonchev–Trinajstić information content (AvgIpc) is 2.60. The fourth-order valence-electron chi connectivity index (χ4n) is 1.99. The lowest BCUT2D eigenvalue weighted by atomic mass is 10.2. The molecule has 0 amide bonds. The van der Waals surface area contributed by atoms with E-state index < -0.39 is 26.8 Å². The van der Waals surface area contributed by atoms with Crippen LogP contribution in [0, 0.1) is 20.2 Å². The zero-order chi connectivity index (χ0) is 19.3. The number of H-pyrrole nitrogens is 1. The highest BCUT2D eigenvalue weighted by Gasteiger charge is 2.19. The molecule has 136 valence electrons. The number of aromatic nitrogens is 2. The monoisotopic (exact) mass is 362 g/mol. The molecule has 0 fully saturated rings. The SMILES string of the molecule is C/C(CCn1[nH]c(=O)ccc1=O)=N/Nc1ccc([N+](=O)[O-])cc1[N+](=O)[O-]. The van der Waals surface area contributed by atoms with Crippen molar-refractivity contribution in [2.24, 2.45) is 5.10 Å². The zero-order valence-corrected chi connectivity index (χ0v) is 13.5. The molecule has 2 N–H and O–H groups in total. The number of nitrogens with one attached hydrogen (secondary N) is 2. The number of hydrogen-bond acceptors (Lipinski definition) is 8. The Morgan fingerprint density at radius 1 is 1.19 bits per heavy atom. The number of aryl methyl sites for hydroxylation is 1. The Bertz CT molecular complexity index is 992. The summed E-state index contributed by atoms with van der Waals surface area (Å²) in [6.07, 6.45) is 0.285. The van der Waals surface area contributed by atoms with E-state index in [0.29, 0.717) is 5.71 Å². The van der Waals surface area contributed by atoms with Crippen molar-refractivity contribution in [1.82, 2.24) is 9.78 Å². The van der Waals surface area contributed by atoms with Gasteiger partial charge in [0, 0.05) is 36.9 Å². The van der Waals surface area contributed by atoms with Crippen molar-refractivity contribution < 1.29 is 9.85 Å². The maximum absolute atomic E-state index is 11.6. The van der Waals surface area contributed by atoms with Gasteiger partial charge in [0.05, 0.1) is 15.9 Å². The van der Waals surface area contributed by atoms with E-state index in [-0.39, 0.29) is 24.2 Å². The third kappa shape index (κ3) is 4.59. The molecule has 0 saturated carbocycles. The molecular weight excluding hydrogens is 348 g/mol. The van der Waals surface area contributed by atoms with Crippen LogP contribution in [0.25, 0.3) is 0 Å². The second-order valence-electron chi connectivity index (χ2n) is 5.22. The van der Waals surface area contributed by atoms with Crippen LogP contribution in [0.3, 0.4) is 0 Å². The molecule has 0 radical (unpaired) electrons. The molecule has 1 heterocycles. The summed E-state index contributed by atoms with van der Waals surface area (Å²) in [7, 11) is 0. The Morgan fingerprint density at radius 3 is 2.58 bits per heavy atom. The second-order valence-corrected chi connectivity index (χ2v) is 5.22. The van der Waals surface area contributed by atoms with Crippen molar-refractivity contribution in [1.29, 1.82) is 0 Å². The summed E-state index contributed by atoms with van der Waals surface area (Å²) in [5.74, 6) is 0. The van der Waals surface area contributed by atoms with E-state index in [2.05, 4.69) is 15.6 Å². The molecule has 0 aliphatic rings. The molecule has 12 heteroatoms. The minimum atomic E-state index is -0.756. The van der Waals surface area contributed by atoms with Crippen molar-refractivity contribution in [2.45, 2.75) is 19.9 Å². The van der Waals surface area contributed by atoms with E-state index in [1.165, 1.54) is 6.07 Å². The Hall–Kier alpha value is -3.83. The highest BCUT2D eigenvalue weighted by Crippen LogP contribution is 2.28. The molecule has 0 unspecified atom stereocenters. The van der Waals surface area contributed by atoms with Gasteiger partial charge in [-0.05, 0) is 13.0 Å². The molecule has 26 heavy (non-hydrogen) atoms. The number of hydrogen-bond donors (Lipinski definition) is 2. The van der Waals surface area contributed by atoms with Gasteiger partial charge in [0.2, 0.25) is 0 Å². The average molecular weight is 362 g/mol. The van der Waals surface area contributed by atoms with Crippen LogP contribution < -0.4 is 16.5 Å². The Kier molecular flexibility index (Phi) is 5.57. The van der Waals surface area contributed by atoms with E-state index >= 15 is 0 Å². The summed E-state index contributed by atoms with van der Waals surface area (Å²) < 4.78 is 1.12. The van der Waals surface area contributed by atoms with Gasteiger partial charge in [0.25, 0.3) is 16.8 Å². The molecule has 0 aliphatic heterocycles. The van der Waals surface area contributed by atoms with E-state index in [0.717, 1.165) is 28.9 Å².